The Bertz CT molecular complexity index is 431. The van der Waals surface area contributed by atoms with Gasteiger partial charge in [-0.05, 0) is 38.5 Å². The van der Waals surface area contributed by atoms with Crippen molar-refractivity contribution < 1.29 is 4.74 Å². The maximum absolute atomic E-state index is 6.22. The third kappa shape index (κ3) is 3.11. The molecule has 1 aromatic rings. The van der Waals surface area contributed by atoms with Crippen molar-refractivity contribution in [2.75, 3.05) is 18.3 Å². The number of hydrogen-bond acceptors (Lipinski definition) is 4. The smallest absolute Gasteiger partial charge is 0.221 e. The molecular formula is C14H22ClN3O. The molecule has 1 aliphatic carbocycles. The van der Waals surface area contributed by atoms with E-state index >= 15 is 0 Å². The first-order valence-corrected chi connectivity index (χ1v) is 7.33. The van der Waals surface area contributed by atoms with E-state index < -0.39 is 0 Å². The van der Waals surface area contributed by atoms with Gasteiger partial charge in [0.05, 0.1) is 18.2 Å². The summed E-state index contributed by atoms with van der Waals surface area (Å²) < 4.78 is 5.23. The van der Waals surface area contributed by atoms with E-state index in [9.17, 15) is 0 Å². The van der Waals surface area contributed by atoms with Gasteiger partial charge in [0.2, 0.25) is 5.88 Å². The van der Waals surface area contributed by atoms with Crippen LogP contribution in [-0.4, -0.2) is 28.5 Å². The summed E-state index contributed by atoms with van der Waals surface area (Å²) in [4.78, 5) is 8.44. The molecule has 106 valence electrons. The Balaban J connectivity index is 2.19. The lowest BCUT2D eigenvalue weighted by atomic mass is 9.78. The molecule has 0 atom stereocenters. The molecule has 0 unspecified atom stereocenters. The largest absolute Gasteiger partial charge is 0.481 e. The van der Waals surface area contributed by atoms with Gasteiger partial charge in [-0.3, -0.25) is 0 Å². The number of nitrogens with zero attached hydrogens (tertiary/aromatic N) is 2. The number of methoxy groups -OCH3 is 1. The van der Waals surface area contributed by atoms with Crippen LogP contribution in [-0.2, 0) is 0 Å². The summed E-state index contributed by atoms with van der Waals surface area (Å²) >= 11 is 6.22. The zero-order chi connectivity index (χ0) is 13.9. The summed E-state index contributed by atoms with van der Waals surface area (Å²) in [6.45, 7) is 4.27. The van der Waals surface area contributed by atoms with E-state index in [2.05, 4.69) is 22.2 Å². The van der Waals surface area contributed by atoms with Gasteiger partial charge < -0.3 is 10.1 Å². The fourth-order valence-electron chi connectivity index (χ4n) is 2.62. The van der Waals surface area contributed by atoms with E-state index in [1.807, 2.05) is 6.92 Å². The fourth-order valence-corrected chi connectivity index (χ4v) is 2.96. The van der Waals surface area contributed by atoms with Gasteiger partial charge in [0, 0.05) is 5.88 Å². The molecule has 1 aromatic heterocycles. The topological polar surface area (TPSA) is 47.0 Å². The third-order valence-electron chi connectivity index (χ3n) is 4.10. The fraction of sp³-hybridized carbons (Fsp3) is 0.714. The Kier molecular flexibility index (Phi) is 4.50. The summed E-state index contributed by atoms with van der Waals surface area (Å²) in [5.74, 6) is 2.85. The van der Waals surface area contributed by atoms with Crippen LogP contribution < -0.4 is 10.1 Å². The van der Waals surface area contributed by atoms with Crippen LogP contribution in [0, 0.1) is 12.8 Å². The minimum Gasteiger partial charge on any atom is -0.481 e. The van der Waals surface area contributed by atoms with Gasteiger partial charge in [-0.2, -0.15) is 0 Å². The standard InChI is InChI=1S/C14H22ClN3O/c1-10-4-6-14(8-15,7-5-10)18-12-11(2)13(19-3)17-9-16-12/h9-10H,4-8H2,1-3H3,(H,16,17,18). The van der Waals surface area contributed by atoms with Crippen molar-refractivity contribution in [3.8, 4) is 5.88 Å². The molecule has 4 nitrogen and oxygen atoms in total. The number of rotatable bonds is 4. The zero-order valence-electron chi connectivity index (χ0n) is 11.9. The maximum Gasteiger partial charge on any atom is 0.221 e. The molecule has 1 saturated carbocycles. The highest BCUT2D eigenvalue weighted by Gasteiger charge is 2.34. The number of hydrogen-bond donors (Lipinski definition) is 1. The number of alkyl halides is 1. The highest BCUT2D eigenvalue weighted by atomic mass is 35.5. The van der Waals surface area contributed by atoms with E-state index in [1.54, 1.807) is 7.11 Å². The number of anilines is 1. The molecule has 0 bridgehead atoms. The van der Waals surface area contributed by atoms with Crippen LogP contribution in [0.2, 0.25) is 0 Å². The van der Waals surface area contributed by atoms with E-state index in [1.165, 1.54) is 19.2 Å². The van der Waals surface area contributed by atoms with Crippen molar-refractivity contribution in [2.45, 2.75) is 45.1 Å². The normalized spacial score (nSPS) is 27.1. The minimum atomic E-state index is -0.0435. The van der Waals surface area contributed by atoms with Gasteiger partial charge in [-0.1, -0.05) is 6.92 Å². The number of halogens is 1. The molecule has 0 spiro atoms. The Morgan fingerprint density at radius 1 is 1.42 bits per heavy atom. The lowest BCUT2D eigenvalue weighted by Gasteiger charge is -2.39. The Morgan fingerprint density at radius 2 is 2.11 bits per heavy atom. The molecule has 0 aliphatic heterocycles. The van der Waals surface area contributed by atoms with Crippen LogP contribution in [0.25, 0.3) is 0 Å². The van der Waals surface area contributed by atoms with Crippen LogP contribution in [0.3, 0.4) is 0 Å². The molecule has 5 heteroatoms. The summed E-state index contributed by atoms with van der Waals surface area (Å²) in [6, 6.07) is 0. The van der Waals surface area contributed by atoms with Crippen LogP contribution in [0.1, 0.15) is 38.2 Å². The monoisotopic (exact) mass is 283 g/mol. The summed E-state index contributed by atoms with van der Waals surface area (Å²) in [5, 5.41) is 3.54. The molecule has 0 radical (unpaired) electrons. The van der Waals surface area contributed by atoms with E-state index in [-0.39, 0.29) is 5.54 Å². The molecule has 1 N–H and O–H groups in total. The SMILES string of the molecule is COc1ncnc(NC2(CCl)CCC(C)CC2)c1C. The Hall–Kier alpha value is -1.03. The van der Waals surface area contributed by atoms with Crippen LogP contribution >= 0.6 is 11.6 Å². The van der Waals surface area contributed by atoms with Crippen molar-refractivity contribution in [1.82, 2.24) is 9.97 Å². The molecule has 0 saturated heterocycles. The average Bonchev–Trinajstić information content (AvgIpc) is 2.44. The molecule has 0 amide bonds. The number of nitrogens with one attached hydrogen (secondary N) is 1. The summed E-state index contributed by atoms with van der Waals surface area (Å²) in [7, 11) is 1.62. The van der Waals surface area contributed by atoms with Crippen molar-refractivity contribution >= 4 is 17.4 Å². The van der Waals surface area contributed by atoms with Crippen molar-refractivity contribution in [3.63, 3.8) is 0 Å². The number of ether oxygens (including phenoxy) is 1. The van der Waals surface area contributed by atoms with Crippen LogP contribution in [0.15, 0.2) is 6.33 Å². The molecule has 2 rings (SSSR count). The Labute approximate surface area is 119 Å². The highest BCUT2D eigenvalue weighted by molar-refractivity contribution is 6.18. The lowest BCUT2D eigenvalue weighted by Crippen LogP contribution is -2.44. The van der Waals surface area contributed by atoms with Gasteiger partial charge in [0.1, 0.15) is 12.1 Å². The van der Waals surface area contributed by atoms with Crippen molar-refractivity contribution in [3.05, 3.63) is 11.9 Å². The zero-order valence-corrected chi connectivity index (χ0v) is 12.6. The van der Waals surface area contributed by atoms with Gasteiger partial charge in [-0.25, -0.2) is 9.97 Å². The number of aromatic nitrogens is 2. The molecule has 1 aliphatic rings. The van der Waals surface area contributed by atoms with E-state index in [0.29, 0.717) is 11.8 Å². The van der Waals surface area contributed by atoms with Crippen LogP contribution in [0.5, 0.6) is 5.88 Å². The summed E-state index contributed by atoms with van der Waals surface area (Å²) in [6.07, 6.45) is 6.12. The van der Waals surface area contributed by atoms with Gasteiger partial charge in [0.25, 0.3) is 0 Å². The predicted octanol–water partition coefficient (Wildman–Crippen LogP) is 3.39. The molecule has 1 fully saturated rings. The first-order valence-electron chi connectivity index (χ1n) is 6.80. The third-order valence-corrected chi connectivity index (χ3v) is 4.61. The second-order valence-corrected chi connectivity index (χ2v) is 5.85. The average molecular weight is 284 g/mol. The minimum absolute atomic E-state index is 0.0435. The van der Waals surface area contributed by atoms with Gasteiger partial charge in [0.15, 0.2) is 0 Å². The van der Waals surface area contributed by atoms with E-state index in [0.717, 1.165) is 30.1 Å². The van der Waals surface area contributed by atoms with Gasteiger partial charge in [-0.15, -0.1) is 11.6 Å². The first kappa shape index (κ1) is 14.4. The maximum atomic E-state index is 6.22. The summed E-state index contributed by atoms with van der Waals surface area (Å²) in [5.41, 5.74) is 0.895. The first-order chi connectivity index (χ1) is 9.10. The Morgan fingerprint density at radius 3 is 2.68 bits per heavy atom. The van der Waals surface area contributed by atoms with Gasteiger partial charge >= 0.3 is 0 Å². The molecule has 0 aromatic carbocycles. The quantitative estimate of drug-likeness (QED) is 0.861. The van der Waals surface area contributed by atoms with Crippen LogP contribution in [0.4, 0.5) is 5.82 Å². The molecule has 19 heavy (non-hydrogen) atoms. The predicted molar refractivity (Wildman–Crippen MR) is 78.0 cm³/mol. The second kappa shape index (κ2) is 5.95. The van der Waals surface area contributed by atoms with Crippen molar-refractivity contribution in [1.29, 1.82) is 0 Å². The molecular weight excluding hydrogens is 262 g/mol. The molecule has 1 heterocycles. The highest BCUT2D eigenvalue weighted by Crippen LogP contribution is 2.36. The van der Waals surface area contributed by atoms with E-state index in [4.69, 9.17) is 16.3 Å². The second-order valence-electron chi connectivity index (χ2n) is 5.58. The van der Waals surface area contributed by atoms with Crippen molar-refractivity contribution in [2.24, 2.45) is 5.92 Å². The lowest BCUT2D eigenvalue weighted by molar-refractivity contribution is 0.286.